The van der Waals surface area contributed by atoms with Crippen molar-refractivity contribution < 1.29 is 22.3 Å². The maximum Gasteiger partial charge on any atom is 0.475 e. The highest BCUT2D eigenvalue weighted by atomic mass is 79.9. The zero-order valence-electron chi connectivity index (χ0n) is 7.18. The van der Waals surface area contributed by atoms with Crippen LogP contribution >= 0.6 is 15.9 Å². The van der Waals surface area contributed by atoms with Gasteiger partial charge in [0.2, 0.25) is 0 Å². The number of rotatable bonds is 3. The largest absolute Gasteiger partial charge is 0.475 e. The van der Waals surface area contributed by atoms with E-state index in [4.69, 9.17) is 5.73 Å². The summed E-state index contributed by atoms with van der Waals surface area (Å²) in [4.78, 5) is -4.43. The maximum atomic E-state index is 12.7. The smallest absolute Gasteiger partial charge is 0.427 e. The Hall–Kier alpha value is -0.980. The van der Waals surface area contributed by atoms with E-state index in [1.165, 1.54) is 28.1 Å². The minimum absolute atomic E-state index is 0.316. The molecule has 2 nitrogen and oxygen atoms in total. The molecule has 0 saturated carbocycles. The predicted octanol–water partition coefficient (Wildman–Crippen LogP) is 3.23. The average molecular weight is 288 g/mol. The molecule has 1 aromatic rings. The van der Waals surface area contributed by atoms with Gasteiger partial charge in [0.15, 0.2) is 0 Å². The van der Waals surface area contributed by atoms with Gasteiger partial charge in [-0.25, -0.2) is 0 Å². The molecule has 7 heteroatoms. The van der Waals surface area contributed by atoms with Crippen LogP contribution in [0, 0.1) is 0 Å². The summed E-state index contributed by atoms with van der Waals surface area (Å²) in [6, 6.07) is 4.67. The lowest BCUT2D eigenvalue weighted by molar-refractivity contribution is -0.266. The summed E-state index contributed by atoms with van der Waals surface area (Å²) in [6.45, 7) is 0. The van der Waals surface area contributed by atoms with Crippen LogP contribution in [0.2, 0.25) is 0 Å². The van der Waals surface area contributed by atoms with Crippen molar-refractivity contribution >= 4 is 21.6 Å². The van der Waals surface area contributed by atoms with Gasteiger partial charge in [0.25, 0.3) is 0 Å². The van der Waals surface area contributed by atoms with E-state index in [1.807, 2.05) is 0 Å². The molecule has 1 rings (SSSR count). The summed E-state index contributed by atoms with van der Waals surface area (Å²) in [6.07, 6.45) is -4.62. The lowest BCUT2D eigenvalue weighted by Gasteiger charge is -2.21. The molecule has 1 aromatic carbocycles. The van der Waals surface area contributed by atoms with Gasteiger partial charge in [-0.05, 0) is 24.3 Å². The molecule has 0 unspecified atom stereocenters. The SMILES string of the molecule is Nc1ccc(OC(F)(F)C(F)(F)Br)cc1. The van der Waals surface area contributed by atoms with Crippen molar-refractivity contribution in [2.75, 3.05) is 5.73 Å². The molecule has 0 heterocycles. The van der Waals surface area contributed by atoms with Gasteiger partial charge in [0.1, 0.15) is 5.75 Å². The minimum Gasteiger partial charge on any atom is -0.427 e. The molecule has 15 heavy (non-hydrogen) atoms. The van der Waals surface area contributed by atoms with Gasteiger partial charge in [-0.1, -0.05) is 0 Å². The average Bonchev–Trinajstić information content (AvgIpc) is 2.06. The monoisotopic (exact) mass is 287 g/mol. The second-order valence-corrected chi connectivity index (χ2v) is 3.68. The summed E-state index contributed by atoms with van der Waals surface area (Å²) in [7, 11) is 0. The molecule has 0 atom stereocenters. The van der Waals surface area contributed by atoms with Crippen LogP contribution < -0.4 is 10.5 Å². The first-order chi connectivity index (χ1) is 6.72. The molecule has 0 spiro atoms. The van der Waals surface area contributed by atoms with Crippen LogP contribution in [0.15, 0.2) is 24.3 Å². The van der Waals surface area contributed by atoms with E-state index >= 15 is 0 Å². The highest BCUT2D eigenvalue weighted by Gasteiger charge is 2.57. The van der Waals surface area contributed by atoms with Crippen LogP contribution in [0.25, 0.3) is 0 Å². The fourth-order valence-electron chi connectivity index (χ4n) is 0.742. The maximum absolute atomic E-state index is 12.7. The van der Waals surface area contributed by atoms with Crippen molar-refractivity contribution in [1.82, 2.24) is 0 Å². The Balaban J connectivity index is 2.82. The van der Waals surface area contributed by atoms with Crippen molar-refractivity contribution in [2.24, 2.45) is 0 Å². The zero-order valence-corrected chi connectivity index (χ0v) is 8.77. The lowest BCUT2D eigenvalue weighted by Crippen LogP contribution is -2.40. The first kappa shape index (κ1) is 12.1. The highest BCUT2D eigenvalue weighted by Crippen LogP contribution is 2.40. The summed E-state index contributed by atoms with van der Waals surface area (Å²) in [5.74, 6) is -0.395. The molecule has 0 aliphatic heterocycles. The Morgan fingerprint density at radius 1 is 1.07 bits per heavy atom. The molecule has 0 amide bonds. The number of halogens is 5. The Morgan fingerprint density at radius 3 is 1.93 bits per heavy atom. The first-order valence-electron chi connectivity index (χ1n) is 3.71. The second-order valence-electron chi connectivity index (χ2n) is 2.69. The molecule has 0 saturated heterocycles. The molecule has 0 fully saturated rings. The molecular formula is C8H6BrF4NO. The molecule has 2 N–H and O–H groups in total. The lowest BCUT2D eigenvalue weighted by atomic mass is 10.3. The predicted molar refractivity (Wildman–Crippen MR) is 50.3 cm³/mol. The molecule has 0 aliphatic carbocycles. The summed E-state index contributed by atoms with van der Waals surface area (Å²) in [5, 5.41) is 0. The molecule has 0 aromatic heterocycles. The third-order valence-corrected chi connectivity index (χ3v) is 1.92. The number of benzene rings is 1. The van der Waals surface area contributed by atoms with Crippen molar-refractivity contribution in [3.05, 3.63) is 24.3 Å². The standard InChI is InChI=1S/C8H6BrF4NO/c9-7(10,11)8(12,13)15-6-3-1-5(14)2-4-6/h1-4H,14H2. The second kappa shape index (κ2) is 3.88. The Labute approximate surface area is 91.1 Å². The normalized spacial score (nSPS) is 12.6. The number of nitrogens with two attached hydrogens (primary N) is 1. The topological polar surface area (TPSA) is 35.2 Å². The van der Waals surface area contributed by atoms with E-state index < -0.39 is 16.7 Å². The fraction of sp³-hybridized carbons (Fsp3) is 0.250. The van der Waals surface area contributed by atoms with Crippen LogP contribution in [0.3, 0.4) is 0 Å². The molecule has 84 valence electrons. The summed E-state index contributed by atoms with van der Waals surface area (Å²) >= 11 is 1.54. The fourth-order valence-corrected chi connectivity index (χ4v) is 0.823. The minimum atomic E-state index is -4.62. The van der Waals surface area contributed by atoms with Gasteiger partial charge in [-0.3, -0.25) is 0 Å². The summed E-state index contributed by atoms with van der Waals surface area (Å²) in [5.41, 5.74) is 5.59. The van der Waals surface area contributed by atoms with Gasteiger partial charge in [0.05, 0.1) is 0 Å². The van der Waals surface area contributed by atoms with E-state index in [0.717, 1.165) is 12.1 Å². The quantitative estimate of drug-likeness (QED) is 0.526. The van der Waals surface area contributed by atoms with E-state index in [2.05, 4.69) is 4.74 Å². The number of nitrogen functional groups attached to an aromatic ring is 1. The number of hydrogen-bond donors (Lipinski definition) is 1. The van der Waals surface area contributed by atoms with Crippen LogP contribution in [0.1, 0.15) is 0 Å². The highest BCUT2D eigenvalue weighted by molar-refractivity contribution is 9.10. The van der Waals surface area contributed by atoms with E-state index in [-0.39, 0.29) is 0 Å². The van der Waals surface area contributed by atoms with Gasteiger partial charge in [-0.15, -0.1) is 0 Å². The van der Waals surface area contributed by atoms with Crippen molar-refractivity contribution in [3.8, 4) is 5.75 Å². The Morgan fingerprint density at radius 2 is 1.53 bits per heavy atom. The van der Waals surface area contributed by atoms with Crippen molar-refractivity contribution in [1.29, 1.82) is 0 Å². The van der Waals surface area contributed by atoms with Crippen LogP contribution in [0.4, 0.5) is 23.2 Å². The van der Waals surface area contributed by atoms with E-state index in [0.29, 0.717) is 5.69 Å². The van der Waals surface area contributed by atoms with E-state index in [9.17, 15) is 17.6 Å². The number of ether oxygens (including phenoxy) is 1. The van der Waals surface area contributed by atoms with Gasteiger partial charge >= 0.3 is 10.9 Å². The van der Waals surface area contributed by atoms with Crippen LogP contribution in [-0.2, 0) is 0 Å². The van der Waals surface area contributed by atoms with E-state index in [1.54, 1.807) is 0 Å². The van der Waals surface area contributed by atoms with Gasteiger partial charge in [-0.2, -0.15) is 17.6 Å². The third-order valence-electron chi connectivity index (χ3n) is 1.46. The van der Waals surface area contributed by atoms with Crippen molar-refractivity contribution in [3.63, 3.8) is 0 Å². The molecule has 0 radical (unpaired) electrons. The number of anilines is 1. The molecule has 0 bridgehead atoms. The summed E-state index contributed by atoms with van der Waals surface area (Å²) < 4.78 is 53.7. The molecular weight excluding hydrogens is 282 g/mol. The number of hydrogen-bond acceptors (Lipinski definition) is 2. The van der Waals surface area contributed by atoms with Crippen molar-refractivity contribution in [2.45, 2.75) is 10.9 Å². The number of alkyl halides is 5. The Bertz CT molecular complexity index is 335. The van der Waals surface area contributed by atoms with Crippen LogP contribution in [-0.4, -0.2) is 10.9 Å². The van der Waals surface area contributed by atoms with Gasteiger partial charge in [0, 0.05) is 21.6 Å². The molecule has 0 aliphatic rings. The van der Waals surface area contributed by atoms with Crippen LogP contribution in [0.5, 0.6) is 5.75 Å². The zero-order chi connectivity index (χ0) is 11.7. The Kier molecular flexibility index (Phi) is 3.13. The third kappa shape index (κ3) is 2.98. The van der Waals surface area contributed by atoms with Gasteiger partial charge < -0.3 is 10.5 Å². The first-order valence-corrected chi connectivity index (χ1v) is 4.51.